The normalized spacial score (nSPS) is 9.18. The van der Waals surface area contributed by atoms with Gasteiger partial charge in [0.2, 0.25) is 0 Å². The molecule has 1 heterocycles. The first kappa shape index (κ1) is 10.9. The number of phenolic OH excluding ortho intramolecular Hbond substituents is 1. The van der Waals surface area contributed by atoms with E-state index in [9.17, 15) is 5.11 Å². The van der Waals surface area contributed by atoms with E-state index in [2.05, 4.69) is 22.9 Å². The molecular weight excluding hydrogens is 212 g/mol. The number of aromatic nitrogens is 1. The molecule has 0 aliphatic rings. The SMILES string of the molecule is C#CC#CN(C)c1ccc2cccc(O)c2n1. The number of benzene rings is 1. The van der Waals surface area contributed by atoms with Crippen molar-refractivity contribution in [2.75, 3.05) is 11.9 Å². The third-order valence-corrected chi connectivity index (χ3v) is 2.32. The summed E-state index contributed by atoms with van der Waals surface area (Å²) in [4.78, 5) is 5.95. The number of aromatic hydroxyl groups is 1. The van der Waals surface area contributed by atoms with Gasteiger partial charge in [-0.05, 0) is 24.1 Å². The first-order chi connectivity index (χ1) is 8.22. The van der Waals surface area contributed by atoms with E-state index in [1.807, 2.05) is 18.2 Å². The number of pyridine rings is 1. The number of anilines is 1. The molecule has 0 fully saturated rings. The maximum atomic E-state index is 9.70. The number of phenols is 1. The summed E-state index contributed by atoms with van der Waals surface area (Å²) >= 11 is 0. The molecule has 1 aromatic heterocycles. The highest BCUT2D eigenvalue weighted by atomic mass is 16.3. The number of fused-ring (bicyclic) bond motifs is 1. The summed E-state index contributed by atoms with van der Waals surface area (Å²) in [6, 6.07) is 11.7. The predicted octanol–water partition coefficient (Wildman–Crippen LogP) is 1.97. The molecule has 82 valence electrons. The molecule has 0 amide bonds. The number of para-hydroxylation sites is 1. The molecular formula is C14H10N2O. The van der Waals surface area contributed by atoms with Crippen molar-refractivity contribution in [3.63, 3.8) is 0 Å². The van der Waals surface area contributed by atoms with Crippen LogP contribution in [0.1, 0.15) is 0 Å². The Morgan fingerprint density at radius 1 is 1.29 bits per heavy atom. The van der Waals surface area contributed by atoms with Gasteiger partial charge in [0.25, 0.3) is 0 Å². The minimum absolute atomic E-state index is 0.155. The molecule has 1 N–H and O–H groups in total. The van der Waals surface area contributed by atoms with Crippen LogP contribution >= 0.6 is 0 Å². The van der Waals surface area contributed by atoms with Gasteiger partial charge in [-0.2, -0.15) is 0 Å². The highest BCUT2D eigenvalue weighted by Gasteiger charge is 2.04. The van der Waals surface area contributed by atoms with Crippen LogP contribution in [0.2, 0.25) is 0 Å². The van der Waals surface area contributed by atoms with E-state index in [1.165, 1.54) is 0 Å². The number of terminal acetylenes is 1. The zero-order valence-corrected chi connectivity index (χ0v) is 9.31. The van der Waals surface area contributed by atoms with E-state index in [1.54, 1.807) is 24.1 Å². The molecule has 0 aliphatic carbocycles. The first-order valence-corrected chi connectivity index (χ1v) is 5.01. The van der Waals surface area contributed by atoms with Crippen molar-refractivity contribution >= 4 is 16.7 Å². The Morgan fingerprint density at radius 2 is 2.12 bits per heavy atom. The Morgan fingerprint density at radius 3 is 2.88 bits per heavy atom. The molecule has 0 radical (unpaired) electrons. The van der Waals surface area contributed by atoms with Crippen LogP contribution in [0.4, 0.5) is 5.82 Å². The van der Waals surface area contributed by atoms with Crippen LogP contribution in [-0.2, 0) is 0 Å². The van der Waals surface area contributed by atoms with Crippen molar-refractivity contribution in [3.05, 3.63) is 30.3 Å². The largest absolute Gasteiger partial charge is 0.506 e. The number of nitrogens with zero attached hydrogens (tertiary/aromatic N) is 2. The van der Waals surface area contributed by atoms with Crippen LogP contribution in [0.15, 0.2) is 30.3 Å². The van der Waals surface area contributed by atoms with Crippen LogP contribution in [0, 0.1) is 24.3 Å². The van der Waals surface area contributed by atoms with E-state index >= 15 is 0 Å². The van der Waals surface area contributed by atoms with Gasteiger partial charge in [0, 0.05) is 24.4 Å². The summed E-state index contributed by atoms with van der Waals surface area (Å²) in [6.07, 6.45) is 5.06. The third-order valence-electron chi connectivity index (χ3n) is 2.32. The topological polar surface area (TPSA) is 36.4 Å². The van der Waals surface area contributed by atoms with Crippen LogP contribution in [0.25, 0.3) is 10.9 Å². The van der Waals surface area contributed by atoms with Gasteiger partial charge in [-0.1, -0.05) is 12.1 Å². The monoisotopic (exact) mass is 222 g/mol. The van der Waals surface area contributed by atoms with Crippen LogP contribution in [0.3, 0.4) is 0 Å². The maximum Gasteiger partial charge on any atom is 0.141 e. The van der Waals surface area contributed by atoms with Gasteiger partial charge in [0.1, 0.15) is 17.1 Å². The fraction of sp³-hybridized carbons (Fsp3) is 0.0714. The molecule has 0 atom stereocenters. The number of hydrogen-bond donors (Lipinski definition) is 1. The Bertz CT molecular complexity index is 659. The van der Waals surface area contributed by atoms with Crippen molar-refractivity contribution in [2.24, 2.45) is 0 Å². The van der Waals surface area contributed by atoms with Crippen molar-refractivity contribution in [1.29, 1.82) is 0 Å². The lowest BCUT2D eigenvalue weighted by molar-refractivity contribution is 0.480. The molecule has 1 aromatic carbocycles. The lowest BCUT2D eigenvalue weighted by Gasteiger charge is -2.10. The molecule has 2 aromatic rings. The van der Waals surface area contributed by atoms with E-state index < -0.39 is 0 Å². The molecule has 0 spiro atoms. The van der Waals surface area contributed by atoms with Crippen molar-refractivity contribution in [1.82, 2.24) is 4.98 Å². The molecule has 0 aliphatic heterocycles. The summed E-state index contributed by atoms with van der Waals surface area (Å²) < 4.78 is 0. The second-order valence-electron chi connectivity index (χ2n) is 3.46. The maximum absolute atomic E-state index is 9.70. The van der Waals surface area contributed by atoms with Gasteiger partial charge in [0.15, 0.2) is 0 Å². The fourth-order valence-corrected chi connectivity index (χ4v) is 1.48. The Labute approximate surface area is 99.7 Å². The van der Waals surface area contributed by atoms with Gasteiger partial charge in [-0.15, -0.1) is 6.42 Å². The predicted molar refractivity (Wildman–Crippen MR) is 68.4 cm³/mol. The zero-order valence-electron chi connectivity index (χ0n) is 9.31. The van der Waals surface area contributed by atoms with E-state index in [0.29, 0.717) is 11.3 Å². The molecule has 3 heteroatoms. The van der Waals surface area contributed by atoms with E-state index in [0.717, 1.165) is 5.39 Å². The summed E-state index contributed by atoms with van der Waals surface area (Å²) in [5.74, 6) is 5.54. The van der Waals surface area contributed by atoms with Gasteiger partial charge >= 0.3 is 0 Å². The van der Waals surface area contributed by atoms with Gasteiger partial charge in [0.05, 0.1) is 0 Å². The minimum Gasteiger partial charge on any atom is -0.506 e. The smallest absolute Gasteiger partial charge is 0.141 e. The quantitative estimate of drug-likeness (QED) is 0.592. The molecule has 0 bridgehead atoms. The molecule has 3 nitrogen and oxygen atoms in total. The molecule has 0 unspecified atom stereocenters. The van der Waals surface area contributed by atoms with Crippen LogP contribution in [-0.4, -0.2) is 17.1 Å². The van der Waals surface area contributed by atoms with Gasteiger partial charge in [-0.3, -0.25) is 4.90 Å². The molecule has 2 rings (SSSR count). The van der Waals surface area contributed by atoms with Crippen LogP contribution < -0.4 is 4.90 Å². The van der Waals surface area contributed by atoms with Crippen molar-refractivity contribution < 1.29 is 5.11 Å². The van der Waals surface area contributed by atoms with Crippen molar-refractivity contribution in [3.8, 4) is 30.1 Å². The first-order valence-electron chi connectivity index (χ1n) is 5.01. The average molecular weight is 222 g/mol. The number of rotatable bonds is 1. The third kappa shape index (κ3) is 2.14. The summed E-state index contributed by atoms with van der Waals surface area (Å²) in [7, 11) is 1.76. The molecule has 0 saturated heterocycles. The second kappa shape index (κ2) is 4.47. The summed E-state index contributed by atoms with van der Waals surface area (Å²) in [5.41, 5.74) is 0.555. The zero-order chi connectivity index (χ0) is 12.3. The van der Waals surface area contributed by atoms with E-state index in [4.69, 9.17) is 6.42 Å². The van der Waals surface area contributed by atoms with Gasteiger partial charge in [-0.25, -0.2) is 4.98 Å². The Hall–Kier alpha value is -2.65. The van der Waals surface area contributed by atoms with Crippen molar-refractivity contribution in [2.45, 2.75) is 0 Å². The standard InChI is InChI=1S/C14H10N2O/c1-3-4-10-16(2)13-9-8-11-6-5-7-12(17)14(11)15-13/h1,5-9,17H,2H3. The van der Waals surface area contributed by atoms with Gasteiger partial charge < -0.3 is 5.11 Å². The highest BCUT2D eigenvalue weighted by molar-refractivity contribution is 5.85. The lowest BCUT2D eigenvalue weighted by Crippen LogP contribution is -2.10. The summed E-state index contributed by atoms with van der Waals surface area (Å²) in [6.45, 7) is 0. The average Bonchev–Trinajstić information content (AvgIpc) is 2.36. The lowest BCUT2D eigenvalue weighted by atomic mass is 10.2. The second-order valence-corrected chi connectivity index (χ2v) is 3.46. The number of hydrogen-bond acceptors (Lipinski definition) is 3. The molecule has 0 saturated carbocycles. The Balaban J connectivity index is 2.51. The summed E-state index contributed by atoms with van der Waals surface area (Å²) in [5, 5.41) is 10.6. The minimum atomic E-state index is 0.155. The highest BCUT2D eigenvalue weighted by Crippen LogP contribution is 2.24. The fourth-order valence-electron chi connectivity index (χ4n) is 1.48. The van der Waals surface area contributed by atoms with Crippen LogP contribution in [0.5, 0.6) is 5.75 Å². The molecule has 17 heavy (non-hydrogen) atoms. The van der Waals surface area contributed by atoms with E-state index in [-0.39, 0.29) is 5.75 Å². The Kier molecular flexibility index (Phi) is 2.85.